The number of amides is 2. The first kappa shape index (κ1) is 30.3. The summed E-state index contributed by atoms with van der Waals surface area (Å²) in [6, 6.07) is 19.1. The molecule has 0 saturated heterocycles. The molecule has 212 valence electrons. The smallest absolute Gasteiger partial charge is 0.269 e. The van der Waals surface area contributed by atoms with Gasteiger partial charge in [0.1, 0.15) is 12.6 Å². The van der Waals surface area contributed by atoms with Gasteiger partial charge in [0, 0.05) is 24.2 Å². The van der Waals surface area contributed by atoms with Crippen LogP contribution < -0.4 is 9.62 Å². The van der Waals surface area contributed by atoms with Gasteiger partial charge in [-0.2, -0.15) is 0 Å². The van der Waals surface area contributed by atoms with Crippen LogP contribution in [-0.4, -0.2) is 48.2 Å². The molecule has 3 aromatic carbocycles. The number of carbonyl (C=O) groups is 2. The van der Waals surface area contributed by atoms with E-state index in [0.717, 1.165) is 15.4 Å². The molecule has 0 bridgehead atoms. The number of sulfonamides is 1. The Labute approximate surface area is 234 Å². The van der Waals surface area contributed by atoms with E-state index in [1.165, 1.54) is 41.3 Å². The van der Waals surface area contributed by atoms with Crippen molar-refractivity contribution in [3.05, 3.63) is 100 Å². The number of nitrogens with one attached hydrogen (secondary N) is 1. The lowest BCUT2D eigenvalue weighted by atomic mass is 10.1. The van der Waals surface area contributed by atoms with Crippen molar-refractivity contribution >= 4 is 33.2 Å². The second-order valence-electron chi connectivity index (χ2n) is 10.5. The van der Waals surface area contributed by atoms with Gasteiger partial charge in [0.25, 0.3) is 15.7 Å². The lowest BCUT2D eigenvalue weighted by Gasteiger charge is -2.33. The minimum absolute atomic E-state index is 0.0511. The number of benzene rings is 3. The molecule has 2 amide bonds. The van der Waals surface area contributed by atoms with Gasteiger partial charge in [-0.15, -0.1) is 0 Å². The predicted octanol–water partition coefficient (Wildman–Crippen LogP) is 4.43. The van der Waals surface area contributed by atoms with Gasteiger partial charge in [-0.1, -0.05) is 48.0 Å². The monoisotopic (exact) mass is 566 g/mol. The van der Waals surface area contributed by atoms with Crippen LogP contribution in [0.15, 0.2) is 83.8 Å². The van der Waals surface area contributed by atoms with E-state index >= 15 is 0 Å². The average molecular weight is 567 g/mol. The van der Waals surface area contributed by atoms with Crippen LogP contribution in [0.5, 0.6) is 0 Å². The van der Waals surface area contributed by atoms with Gasteiger partial charge in [0.2, 0.25) is 11.8 Å². The van der Waals surface area contributed by atoms with Crippen LogP contribution in [-0.2, 0) is 26.2 Å². The Hall–Kier alpha value is -4.25. The minimum Gasteiger partial charge on any atom is -0.350 e. The van der Waals surface area contributed by atoms with Crippen molar-refractivity contribution in [2.24, 2.45) is 0 Å². The third-order valence-electron chi connectivity index (χ3n) is 6.10. The molecule has 11 heteroatoms. The van der Waals surface area contributed by atoms with Gasteiger partial charge in [-0.05, 0) is 64.4 Å². The zero-order valence-corrected chi connectivity index (χ0v) is 24.0. The van der Waals surface area contributed by atoms with Crippen molar-refractivity contribution in [2.45, 2.75) is 57.6 Å². The molecular weight excluding hydrogens is 532 g/mol. The second-order valence-corrected chi connectivity index (χ2v) is 12.4. The topological polar surface area (TPSA) is 130 Å². The summed E-state index contributed by atoms with van der Waals surface area (Å²) in [6.07, 6.45) is 0. The fourth-order valence-corrected chi connectivity index (χ4v) is 5.37. The van der Waals surface area contributed by atoms with E-state index in [9.17, 15) is 28.1 Å². The van der Waals surface area contributed by atoms with Gasteiger partial charge >= 0.3 is 0 Å². The Morgan fingerprint density at radius 3 is 2.05 bits per heavy atom. The highest BCUT2D eigenvalue weighted by Gasteiger charge is 2.33. The zero-order valence-electron chi connectivity index (χ0n) is 23.2. The summed E-state index contributed by atoms with van der Waals surface area (Å²) in [5.74, 6) is -1.00. The largest absolute Gasteiger partial charge is 0.350 e. The van der Waals surface area contributed by atoms with E-state index in [1.807, 2.05) is 52.0 Å². The number of hydrogen-bond acceptors (Lipinski definition) is 6. The van der Waals surface area contributed by atoms with Crippen molar-refractivity contribution in [2.75, 3.05) is 10.8 Å². The van der Waals surface area contributed by atoms with Crippen molar-refractivity contribution in [1.82, 2.24) is 10.2 Å². The van der Waals surface area contributed by atoms with E-state index in [1.54, 1.807) is 25.1 Å². The molecular formula is C29H34N4O6S. The number of non-ortho nitro benzene ring substituents is 1. The normalized spacial score (nSPS) is 12.3. The zero-order chi connectivity index (χ0) is 29.7. The average Bonchev–Trinajstić information content (AvgIpc) is 2.90. The van der Waals surface area contributed by atoms with Crippen LogP contribution in [0.1, 0.15) is 38.8 Å². The molecule has 0 heterocycles. The number of nitro groups is 1. The molecule has 3 rings (SSSR count). The molecule has 10 nitrogen and oxygen atoms in total. The summed E-state index contributed by atoms with van der Waals surface area (Å²) in [7, 11) is -4.25. The highest BCUT2D eigenvalue weighted by molar-refractivity contribution is 7.92. The quantitative estimate of drug-likeness (QED) is 0.285. The first-order valence-corrected chi connectivity index (χ1v) is 14.1. The van der Waals surface area contributed by atoms with E-state index in [0.29, 0.717) is 0 Å². The number of hydrogen-bond donors (Lipinski definition) is 1. The summed E-state index contributed by atoms with van der Waals surface area (Å²) < 4.78 is 28.4. The fraction of sp³-hybridized carbons (Fsp3) is 0.310. The standard InChI is InChI=1S/C29H34N4O6S/c1-21-11-13-23(14-12-21)19-31(22(2)28(35)30-29(3,4)5)27(34)20-32(24-15-17-25(18-16-24)33(36)37)40(38,39)26-9-7-6-8-10-26/h6-18,22H,19-20H2,1-5H3,(H,30,35). The molecule has 3 aromatic rings. The molecule has 0 saturated carbocycles. The molecule has 0 radical (unpaired) electrons. The highest BCUT2D eigenvalue weighted by Crippen LogP contribution is 2.26. The van der Waals surface area contributed by atoms with E-state index in [-0.39, 0.29) is 28.7 Å². The van der Waals surface area contributed by atoms with Crippen molar-refractivity contribution in [1.29, 1.82) is 0 Å². The summed E-state index contributed by atoms with van der Waals surface area (Å²) >= 11 is 0. The van der Waals surface area contributed by atoms with Crippen LogP contribution in [0.3, 0.4) is 0 Å². The number of anilines is 1. The molecule has 0 aromatic heterocycles. The SMILES string of the molecule is Cc1ccc(CN(C(=O)CN(c2ccc([N+](=O)[O-])cc2)S(=O)(=O)c2ccccc2)C(C)C(=O)NC(C)(C)C)cc1. The number of nitrogens with zero attached hydrogens (tertiary/aromatic N) is 3. The lowest BCUT2D eigenvalue weighted by molar-refractivity contribution is -0.384. The highest BCUT2D eigenvalue weighted by atomic mass is 32.2. The molecule has 0 aliphatic carbocycles. The van der Waals surface area contributed by atoms with Gasteiger partial charge in [0.05, 0.1) is 15.5 Å². The second kappa shape index (κ2) is 12.3. The summed E-state index contributed by atoms with van der Waals surface area (Å²) in [5.41, 5.74) is 1.09. The summed E-state index contributed by atoms with van der Waals surface area (Å²) in [6.45, 7) is 8.44. The third kappa shape index (κ3) is 7.66. The van der Waals surface area contributed by atoms with Crippen LogP contribution in [0.2, 0.25) is 0 Å². The van der Waals surface area contributed by atoms with Gasteiger partial charge in [0.15, 0.2) is 0 Å². The van der Waals surface area contributed by atoms with Gasteiger partial charge < -0.3 is 10.2 Å². The van der Waals surface area contributed by atoms with Crippen molar-refractivity contribution < 1.29 is 22.9 Å². The molecule has 0 fully saturated rings. The van der Waals surface area contributed by atoms with Crippen LogP contribution in [0.4, 0.5) is 11.4 Å². The molecule has 0 aliphatic rings. The molecule has 1 unspecified atom stereocenters. The number of carbonyl (C=O) groups excluding carboxylic acids is 2. The number of aryl methyl sites for hydroxylation is 1. The summed E-state index contributed by atoms with van der Waals surface area (Å²) in [4.78, 5) is 38.9. The van der Waals surface area contributed by atoms with Crippen molar-refractivity contribution in [3.63, 3.8) is 0 Å². The molecule has 40 heavy (non-hydrogen) atoms. The Balaban J connectivity index is 2.04. The number of nitro benzene ring substituents is 1. The fourth-order valence-electron chi connectivity index (χ4n) is 3.94. The molecule has 1 N–H and O–H groups in total. The van der Waals surface area contributed by atoms with E-state index in [2.05, 4.69) is 5.32 Å². The Kier molecular flexibility index (Phi) is 9.31. The van der Waals surface area contributed by atoms with Crippen LogP contribution >= 0.6 is 0 Å². The first-order valence-electron chi connectivity index (χ1n) is 12.7. The maximum absolute atomic E-state index is 13.9. The van der Waals surface area contributed by atoms with Crippen LogP contribution in [0, 0.1) is 17.0 Å². The van der Waals surface area contributed by atoms with Crippen molar-refractivity contribution in [3.8, 4) is 0 Å². The third-order valence-corrected chi connectivity index (χ3v) is 7.89. The Morgan fingerprint density at radius 1 is 0.950 bits per heavy atom. The molecule has 0 aliphatic heterocycles. The van der Waals surface area contributed by atoms with E-state index in [4.69, 9.17) is 0 Å². The first-order chi connectivity index (χ1) is 18.7. The van der Waals surface area contributed by atoms with Gasteiger partial charge in [-0.3, -0.25) is 24.0 Å². The Bertz CT molecular complexity index is 1450. The molecule has 0 spiro atoms. The summed E-state index contributed by atoms with van der Waals surface area (Å²) in [5, 5.41) is 14.1. The number of rotatable bonds is 10. The lowest BCUT2D eigenvalue weighted by Crippen LogP contribution is -2.54. The minimum atomic E-state index is -4.25. The van der Waals surface area contributed by atoms with Gasteiger partial charge in [-0.25, -0.2) is 8.42 Å². The Morgan fingerprint density at radius 2 is 1.52 bits per heavy atom. The van der Waals surface area contributed by atoms with Crippen LogP contribution in [0.25, 0.3) is 0 Å². The molecule has 1 atom stereocenters. The van der Waals surface area contributed by atoms with E-state index < -0.39 is 39.0 Å². The maximum Gasteiger partial charge on any atom is 0.269 e. The maximum atomic E-state index is 13.9. The predicted molar refractivity (Wildman–Crippen MR) is 153 cm³/mol.